The Kier molecular flexibility index (Phi) is 5.65. The molecular weight excluding hydrogens is 350 g/mol. The lowest BCUT2D eigenvalue weighted by Gasteiger charge is -2.09. The Balaban J connectivity index is 1.74. The molecule has 0 aliphatic heterocycles. The molecule has 2 rings (SSSR count). The first-order valence-electron chi connectivity index (χ1n) is 6.69. The summed E-state index contributed by atoms with van der Waals surface area (Å²) >= 11 is 3.36. The Morgan fingerprint density at radius 3 is 2.82 bits per heavy atom. The predicted octanol–water partition coefficient (Wildman–Crippen LogP) is 1.49. The van der Waals surface area contributed by atoms with Crippen molar-refractivity contribution >= 4 is 33.4 Å². The molecule has 0 aliphatic rings. The van der Waals surface area contributed by atoms with Crippen LogP contribution in [0.1, 0.15) is 12.0 Å². The van der Waals surface area contributed by atoms with Gasteiger partial charge in [0.15, 0.2) is 0 Å². The SMILES string of the molecule is Cc1cc(Br)ccc1NC(=O)CNC(=O)CCn1cncn1. The molecule has 0 saturated carbocycles. The molecule has 0 fully saturated rings. The number of amides is 2. The van der Waals surface area contributed by atoms with Crippen molar-refractivity contribution in [2.75, 3.05) is 11.9 Å². The maximum atomic E-state index is 11.8. The third kappa shape index (κ3) is 4.96. The Bertz CT molecular complexity index is 657. The highest BCUT2D eigenvalue weighted by Gasteiger charge is 2.08. The molecule has 2 aromatic rings. The van der Waals surface area contributed by atoms with Crippen LogP contribution in [0.2, 0.25) is 0 Å². The van der Waals surface area contributed by atoms with Crippen molar-refractivity contribution in [3.63, 3.8) is 0 Å². The Labute approximate surface area is 136 Å². The van der Waals surface area contributed by atoms with Crippen LogP contribution >= 0.6 is 15.9 Å². The van der Waals surface area contributed by atoms with Crippen LogP contribution in [0.25, 0.3) is 0 Å². The van der Waals surface area contributed by atoms with Crippen LogP contribution in [0.5, 0.6) is 0 Å². The molecule has 8 heteroatoms. The molecule has 0 atom stereocenters. The minimum absolute atomic E-state index is 0.0638. The van der Waals surface area contributed by atoms with E-state index in [1.165, 1.54) is 12.7 Å². The third-order valence-corrected chi connectivity index (χ3v) is 3.44. The molecule has 0 aliphatic carbocycles. The lowest BCUT2D eigenvalue weighted by molar-refractivity contribution is -0.124. The van der Waals surface area contributed by atoms with Gasteiger partial charge < -0.3 is 10.6 Å². The van der Waals surface area contributed by atoms with Crippen molar-refractivity contribution in [2.24, 2.45) is 0 Å². The molecule has 22 heavy (non-hydrogen) atoms. The Morgan fingerprint density at radius 2 is 2.14 bits per heavy atom. The highest BCUT2D eigenvalue weighted by Crippen LogP contribution is 2.19. The van der Waals surface area contributed by atoms with E-state index in [0.29, 0.717) is 6.54 Å². The molecule has 0 radical (unpaired) electrons. The van der Waals surface area contributed by atoms with Crippen molar-refractivity contribution in [3.8, 4) is 0 Å². The molecule has 2 N–H and O–H groups in total. The van der Waals surface area contributed by atoms with E-state index in [2.05, 4.69) is 36.6 Å². The predicted molar refractivity (Wildman–Crippen MR) is 85.2 cm³/mol. The van der Waals surface area contributed by atoms with E-state index >= 15 is 0 Å². The average Bonchev–Trinajstić information content (AvgIpc) is 2.99. The van der Waals surface area contributed by atoms with Crippen molar-refractivity contribution in [2.45, 2.75) is 19.9 Å². The van der Waals surface area contributed by atoms with Crippen molar-refractivity contribution in [1.29, 1.82) is 0 Å². The molecule has 0 spiro atoms. The summed E-state index contributed by atoms with van der Waals surface area (Å²) in [5.41, 5.74) is 1.67. The van der Waals surface area contributed by atoms with Gasteiger partial charge >= 0.3 is 0 Å². The van der Waals surface area contributed by atoms with E-state index in [9.17, 15) is 9.59 Å². The number of carbonyl (C=O) groups is 2. The zero-order chi connectivity index (χ0) is 15.9. The first-order chi connectivity index (χ1) is 10.5. The highest BCUT2D eigenvalue weighted by molar-refractivity contribution is 9.10. The van der Waals surface area contributed by atoms with Crippen molar-refractivity contribution in [1.82, 2.24) is 20.1 Å². The van der Waals surface area contributed by atoms with Gasteiger partial charge in [0.2, 0.25) is 11.8 Å². The lowest BCUT2D eigenvalue weighted by Crippen LogP contribution is -2.33. The number of nitrogens with zero attached hydrogens (tertiary/aromatic N) is 3. The fourth-order valence-electron chi connectivity index (χ4n) is 1.79. The zero-order valence-electron chi connectivity index (χ0n) is 12.0. The van der Waals surface area contributed by atoms with E-state index in [0.717, 1.165) is 15.7 Å². The van der Waals surface area contributed by atoms with Crippen LogP contribution in [-0.4, -0.2) is 33.1 Å². The monoisotopic (exact) mass is 365 g/mol. The summed E-state index contributed by atoms with van der Waals surface area (Å²) in [7, 11) is 0. The second-order valence-electron chi connectivity index (χ2n) is 4.69. The van der Waals surface area contributed by atoms with Crippen LogP contribution in [0.4, 0.5) is 5.69 Å². The van der Waals surface area contributed by atoms with Gasteiger partial charge in [-0.25, -0.2) is 4.98 Å². The maximum absolute atomic E-state index is 11.8. The number of halogens is 1. The van der Waals surface area contributed by atoms with Gasteiger partial charge in [-0.05, 0) is 30.7 Å². The van der Waals surface area contributed by atoms with Gasteiger partial charge in [0.25, 0.3) is 0 Å². The highest BCUT2D eigenvalue weighted by atomic mass is 79.9. The minimum atomic E-state index is -0.264. The smallest absolute Gasteiger partial charge is 0.243 e. The second-order valence-corrected chi connectivity index (χ2v) is 5.61. The number of aryl methyl sites for hydroxylation is 2. The molecule has 1 heterocycles. The van der Waals surface area contributed by atoms with E-state index in [-0.39, 0.29) is 24.8 Å². The Morgan fingerprint density at radius 1 is 1.32 bits per heavy atom. The van der Waals surface area contributed by atoms with E-state index in [1.54, 1.807) is 4.68 Å². The number of benzene rings is 1. The van der Waals surface area contributed by atoms with E-state index < -0.39 is 0 Å². The fourth-order valence-corrected chi connectivity index (χ4v) is 2.27. The minimum Gasteiger partial charge on any atom is -0.347 e. The topological polar surface area (TPSA) is 88.9 Å². The summed E-state index contributed by atoms with van der Waals surface area (Å²) in [4.78, 5) is 27.3. The van der Waals surface area contributed by atoms with Gasteiger partial charge in [0.05, 0.1) is 13.1 Å². The zero-order valence-corrected chi connectivity index (χ0v) is 13.6. The first-order valence-corrected chi connectivity index (χ1v) is 7.49. The summed E-state index contributed by atoms with van der Waals surface area (Å²) in [5, 5.41) is 9.23. The van der Waals surface area contributed by atoms with Crippen molar-refractivity contribution < 1.29 is 9.59 Å². The molecule has 1 aromatic heterocycles. The normalized spacial score (nSPS) is 10.3. The van der Waals surface area contributed by atoms with E-state index in [1.807, 2.05) is 25.1 Å². The maximum Gasteiger partial charge on any atom is 0.243 e. The molecule has 1 aromatic carbocycles. The van der Waals surface area contributed by atoms with E-state index in [4.69, 9.17) is 0 Å². The average molecular weight is 366 g/mol. The van der Waals surface area contributed by atoms with Crippen LogP contribution in [-0.2, 0) is 16.1 Å². The van der Waals surface area contributed by atoms with Gasteiger partial charge in [0, 0.05) is 16.6 Å². The van der Waals surface area contributed by atoms with Gasteiger partial charge in [-0.15, -0.1) is 0 Å². The molecule has 116 valence electrons. The quantitative estimate of drug-likeness (QED) is 0.811. The number of carbonyl (C=O) groups excluding carboxylic acids is 2. The standard InChI is InChI=1S/C14H16BrN5O2/c1-10-6-11(15)2-3-12(10)19-14(22)7-17-13(21)4-5-20-9-16-8-18-20/h2-3,6,8-9H,4-5,7H2,1H3,(H,17,21)(H,19,22). The third-order valence-electron chi connectivity index (χ3n) is 2.94. The molecule has 0 unspecified atom stereocenters. The summed E-state index contributed by atoms with van der Waals surface area (Å²) in [6, 6.07) is 5.56. The van der Waals surface area contributed by atoms with Crippen LogP contribution < -0.4 is 10.6 Å². The second kappa shape index (κ2) is 7.69. The number of anilines is 1. The number of rotatable bonds is 6. The van der Waals surface area contributed by atoms with Gasteiger partial charge in [0.1, 0.15) is 12.7 Å². The fraction of sp³-hybridized carbons (Fsp3) is 0.286. The summed E-state index contributed by atoms with van der Waals surface area (Å²) in [6.45, 7) is 2.27. The first kappa shape index (κ1) is 16.2. The number of aromatic nitrogens is 3. The molecular formula is C14H16BrN5O2. The molecule has 7 nitrogen and oxygen atoms in total. The molecule has 0 saturated heterocycles. The van der Waals surface area contributed by atoms with Crippen LogP contribution in [0.3, 0.4) is 0 Å². The van der Waals surface area contributed by atoms with Crippen molar-refractivity contribution in [3.05, 3.63) is 40.9 Å². The number of hydrogen-bond acceptors (Lipinski definition) is 4. The number of hydrogen-bond donors (Lipinski definition) is 2. The lowest BCUT2D eigenvalue weighted by atomic mass is 10.2. The van der Waals surface area contributed by atoms with Gasteiger partial charge in [-0.3, -0.25) is 14.3 Å². The van der Waals surface area contributed by atoms with Crippen LogP contribution in [0.15, 0.2) is 35.3 Å². The van der Waals surface area contributed by atoms with Gasteiger partial charge in [-0.1, -0.05) is 15.9 Å². The van der Waals surface area contributed by atoms with Crippen LogP contribution in [0, 0.1) is 6.92 Å². The largest absolute Gasteiger partial charge is 0.347 e. The summed E-state index contributed by atoms with van der Waals surface area (Å²) < 4.78 is 2.51. The number of nitrogens with one attached hydrogen (secondary N) is 2. The summed E-state index contributed by atoms with van der Waals surface area (Å²) in [5.74, 6) is -0.474. The summed E-state index contributed by atoms with van der Waals surface area (Å²) in [6.07, 6.45) is 3.19. The molecule has 0 bridgehead atoms. The Hall–Kier alpha value is -2.22. The van der Waals surface area contributed by atoms with Gasteiger partial charge in [-0.2, -0.15) is 5.10 Å². The molecule has 2 amide bonds.